The molecule has 96 valence electrons. The van der Waals surface area contributed by atoms with Crippen LogP contribution in [0.4, 0.5) is 0 Å². The summed E-state index contributed by atoms with van der Waals surface area (Å²) >= 11 is 0. The summed E-state index contributed by atoms with van der Waals surface area (Å²) < 4.78 is 0. The Morgan fingerprint density at radius 1 is 1.25 bits per heavy atom. The number of aliphatic hydroxyl groups excluding tert-OH is 1. The minimum atomic E-state index is -0.0739. The third kappa shape index (κ3) is 4.06. The number of rotatable bonds is 3. The zero-order valence-corrected chi connectivity index (χ0v) is 11.7. The lowest BCUT2D eigenvalue weighted by Crippen LogP contribution is -2.47. The highest BCUT2D eigenvalue weighted by Gasteiger charge is 2.32. The van der Waals surface area contributed by atoms with Gasteiger partial charge in [0.2, 0.25) is 0 Å². The van der Waals surface area contributed by atoms with Gasteiger partial charge in [0.15, 0.2) is 0 Å². The molecule has 0 bridgehead atoms. The van der Waals surface area contributed by atoms with Crippen LogP contribution in [0.25, 0.3) is 0 Å². The van der Waals surface area contributed by atoms with E-state index in [0.717, 1.165) is 31.8 Å². The molecule has 16 heavy (non-hydrogen) atoms. The maximum absolute atomic E-state index is 9.81. The van der Waals surface area contributed by atoms with E-state index < -0.39 is 0 Å². The lowest BCUT2D eigenvalue weighted by molar-refractivity contribution is 0.0207. The van der Waals surface area contributed by atoms with E-state index in [-0.39, 0.29) is 6.10 Å². The lowest BCUT2D eigenvalue weighted by Gasteiger charge is -2.42. The summed E-state index contributed by atoms with van der Waals surface area (Å²) in [6.45, 7) is 13.7. The molecule has 0 amide bonds. The molecule has 3 atom stereocenters. The zero-order chi connectivity index (χ0) is 12.3. The van der Waals surface area contributed by atoms with Crippen LogP contribution in [0.2, 0.25) is 0 Å². The summed E-state index contributed by atoms with van der Waals surface area (Å²) in [5.74, 6) is 0.727. The predicted molar refractivity (Wildman–Crippen MR) is 69.5 cm³/mol. The first kappa shape index (κ1) is 14.0. The van der Waals surface area contributed by atoms with E-state index in [1.54, 1.807) is 0 Å². The van der Waals surface area contributed by atoms with E-state index in [9.17, 15) is 5.11 Å². The van der Waals surface area contributed by atoms with Crippen LogP contribution in [0.1, 0.15) is 53.9 Å². The molecule has 0 aromatic carbocycles. The third-order valence-corrected chi connectivity index (χ3v) is 3.68. The summed E-state index contributed by atoms with van der Waals surface area (Å²) in [7, 11) is 0. The molecule has 1 rings (SSSR count). The van der Waals surface area contributed by atoms with Crippen molar-refractivity contribution in [2.45, 2.75) is 66.0 Å². The van der Waals surface area contributed by atoms with Gasteiger partial charge in [-0.15, -0.1) is 0 Å². The van der Waals surface area contributed by atoms with Crippen LogP contribution >= 0.6 is 0 Å². The van der Waals surface area contributed by atoms with Crippen molar-refractivity contribution in [3.05, 3.63) is 0 Å². The topological polar surface area (TPSA) is 23.5 Å². The molecule has 2 heteroatoms. The number of nitrogens with zero attached hydrogens (tertiary/aromatic N) is 1. The first-order chi connectivity index (χ1) is 7.33. The molecule has 3 unspecified atom stereocenters. The fraction of sp³-hybridized carbons (Fsp3) is 1.00. The zero-order valence-electron chi connectivity index (χ0n) is 11.7. The fourth-order valence-electron chi connectivity index (χ4n) is 2.86. The van der Waals surface area contributed by atoms with E-state index in [0.29, 0.717) is 11.5 Å². The molecule has 1 saturated carbocycles. The molecule has 0 radical (unpaired) electrons. The molecular formula is C14H29NO. The van der Waals surface area contributed by atoms with Crippen LogP contribution < -0.4 is 0 Å². The highest BCUT2D eigenvalue weighted by Crippen LogP contribution is 2.30. The van der Waals surface area contributed by atoms with Gasteiger partial charge in [-0.3, -0.25) is 4.90 Å². The van der Waals surface area contributed by atoms with Crippen molar-refractivity contribution in [3.63, 3.8) is 0 Å². The van der Waals surface area contributed by atoms with Gasteiger partial charge in [0.1, 0.15) is 0 Å². The Bertz CT molecular complexity index is 209. The highest BCUT2D eigenvalue weighted by molar-refractivity contribution is 4.86. The van der Waals surface area contributed by atoms with Crippen LogP contribution in [-0.4, -0.2) is 35.2 Å². The van der Waals surface area contributed by atoms with Crippen LogP contribution in [0.15, 0.2) is 0 Å². The maximum atomic E-state index is 9.81. The predicted octanol–water partition coefficient (Wildman–Crippen LogP) is 2.90. The average molecular weight is 227 g/mol. The van der Waals surface area contributed by atoms with Crippen molar-refractivity contribution in [1.82, 2.24) is 4.90 Å². The van der Waals surface area contributed by atoms with Gasteiger partial charge in [0.05, 0.1) is 6.10 Å². The van der Waals surface area contributed by atoms with Crippen LogP contribution in [0, 0.1) is 11.3 Å². The second-order valence-corrected chi connectivity index (χ2v) is 6.64. The molecule has 0 heterocycles. The number of hydrogen-bond donors (Lipinski definition) is 1. The fourth-order valence-corrected chi connectivity index (χ4v) is 2.86. The van der Waals surface area contributed by atoms with Gasteiger partial charge in [0, 0.05) is 12.6 Å². The molecule has 0 aromatic rings. The normalized spacial score (nSPS) is 32.1. The van der Waals surface area contributed by atoms with Crippen molar-refractivity contribution in [3.8, 4) is 0 Å². The first-order valence-corrected chi connectivity index (χ1v) is 6.75. The van der Waals surface area contributed by atoms with E-state index in [2.05, 4.69) is 39.5 Å². The molecular weight excluding hydrogens is 198 g/mol. The van der Waals surface area contributed by atoms with Crippen LogP contribution in [0.3, 0.4) is 0 Å². The molecule has 0 aromatic heterocycles. The number of hydrogen-bond acceptors (Lipinski definition) is 2. The molecule has 1 N–H and O–H groups in total. The lowest BCUT2D eigenvalue weighted by atomic mass is 9.82. The highest BCUT2D eigenvalue weighted by atomic mass is 16.3. The minimum Gasteiger partial charge on any atom is -0.393 e. The second kappa shape index (κ2) is 5.50. The van der Waals surface area contributed by atoms with Crippen LogP contribution in [0.5, 0.6) is 0 Å². The molecule has 1 fully saturated rings. The maximum Gasteiger partial charge on any atom is 0.0555 e. The summed E-state index contributed by atoms with van der Waals surface area (Å²) in [5, 5.41) is 9.81. The van der Waals surface area contributed by atoms with Crippen molar-refractivity contribution >= 4 is 0 Å². The summed E-state index contributed by atoms with van der Waals surface area (Å²) in [6, 6.07) is 0.577. The minimum absolute atomic E-state index is 0.0739. The largest absolute Gasteiger partial charge is 0.393 e. The standard InChI is InChI=1S/C14H29NO/c1-6-15(10-14(3,4)5)13-9-12(16)8-7-11(13)2/h11-13,16H,6-10H2,1-5H3. The van der Waals surface area contributed by atoms with E-state index >= 15 is 0 Å². The Balaban J connectivity index is 2.63. The van der Waals surface area contributed by atoms with E-state index in [1.165, 1.54) is 6.42 Å². The Kier molecular flexibility index (Phi) is 4.81. The van der Waals surface area contributed by atoms with Gasteiger partial charge < -0.3 is 5.11 Å². The molecule has 0 saturated heterocycles. The van der Waals surface area contributed by atoms with Gasteiger partial charge in [-0.2, -0.15) is 0 Å². The van der Waals surface area contributed by atoms with Gasteiger partial charge >= 0.3 is 0 Å². The SMILES string of the molecule is CCN(CC(C)(C)C)C1CC(O)CCC1C. The van der Waals surface area contributed by atoms with E-state index in [1.807, 2.05) is 0 Å². The molecule has 1 aliphatic rings. The van der Waals surface area contributed by atoms with Crippen molar-refractivity contribution in [2.75, 3.05) is 13.1 Å². The van der Waals surface area contributed by atoms with Gasteiger partial charge in [-0.1, -0.05) is 34.6 Å². The van der Waals surface area contributed by atoms with Crippen molar-refractivity contribution < 1.29 is 5.11 Å². The molecule has 1 aliphatic carbocycles. The monoisotopic (exact) mass is 227 g/mol. The van der Waals surface area contributed by atoms with Gasteiger partial charge in [-0.25, -0.2) is 0 Å². The summed E-state index contributed by atoms with van der Waals surface area (Å²) in [5.41, 5.74) is 0.345. The molecule has 0 spiro atoms. The Morgan fingerprint density at radius 2 is 1.88 bits per heavy atom. The number of aliphatic hydroxyl groups is 1. The summed E-state index contributed by atoms with van der Waals surface area (Å²) in [4.78, 5) is 2.56. The van der Waals surface area contributed by atoms with Gasteiger partial charge in [0.25, 0.3) is 0 Å². The average Bonchev–Trinajstić information content (AvgIpc) is 2.17. The summed E-state index contributed by atoms with van der Waals surface area (Å²) in [6.07, 6.45) is 3.05. The van der Waals surface area contributed by atoms with Gasteiger partial charge in [-0.05, 0) is 37.1 Å². The second-order valence-electron chi connectivity index (χ2n) is 6.64. The Morgan fingerprint density at radius 3 is 2.38 bits per heavy atom. The molecule has 2 nitrogen and oxygen atoms in total. The third-order valence-electron chi connectivity index (χ3n) is 3.68. The van der Waals surface area contributed by atoms with Crippen molar-refractivity contribution in [1.29, 1.82) is 0 Å². The Hall–Kier alpha value is -0.0800. The first-order valence-electron chi connectivity index (χ1n) is 6.75. The van der Waals surface area contributed by atoms with E-state index in [4.69, 9.17) is 0 Å². The van der Waals surface area contributed by atoms with Crippen LogP contribution in [-0.2, 0) is 0 Å². The smallest absolute Gasteiger partial charge is 0.0555 e. The quantitative estimate of drug-likeness (QED) is 0.801. The Labute approximate surface area is 101 Å². The van der Waals surface area contributed by atoms with Crippen molar-refractivity contribution in [2.24, 2.45) is 11.3 Å². The molecule has 0 aliphatic heterocycles.